The first kappa shape index (κ1) is 17.1. The SMILES string of the molecule is C=C[C@H](CCc1ccccc1)OP(=O)(OCC)OCC. The van der Waals surface area contributed by atoms with Crippen molar-refractivity contribution in [3.8, 4) is 0 Å². The van der Waals surface area contributed by atoms with E-state index in [1.165, 1.54) is 5.56 Å². The maximum Gasteiger partial charge on any atom is 0.475 e. The van der Waals surface area contributed by atoms with Crippen LogP contribution in [0.2, 0.25) is 0 Å². The van der Waals surface area contributed by atoms with Crippen LogP contribution >= 0.6 is 7.82 Å². The number of benzene rings is 1. The van der Waals surface area contributed by atoms with Gasteiger partial charge in [-0.3, -0.25) is 13.6 Å². The zero-order valence-electron chi connectivity index (χ0n) is 12.2. The number of phosphoric acid groups is 1. The molecule has 20 heavy (non-hydrogen) atoms. The average Bonchev–Trinajstić information content (AvgIpc) is 2.45. The van der Waals surface area contributed by atoms with Gasteiger partial charge in [0.15, 0.2) is 0 Å². The van der Waals surface area contributed by atoms with Crippen LogP contribution in [0.15, 0.2) is 43.0 Å². The summed E-state index contributed by atoms with van der Waals surface area (Å²) in [5.41, 5.74) is 1.20. The summed E-state index contributed by atoms with van der Waals surface area (Å²) in [6.45, 7) is 7.78. The van der Waals surface area contributed by atoms with Gasteiger partial charge in [0.25, 0.3) is 0 Å². The van der Waals surface area contributed by atoms with Crippen molar-refractivity contribution in [3.05, 3.63) is 48.6 Å². The van der Waals surface area contributed by atoms with E-state index in [1.54, 1.807) is 19.9 Å². The van der Waals surface area contributed by atoms with Gasteiger partial charge < -0.3 is 0 Å². The molecule has 1 atom stereocenters. The average molecular weight is 298 g/mol. The van der Waals surface area contributed by atoms with E-state index >= 15 is 0 Å². The van der Waals surface area contributed by atoms with Gasteiger partial charge in [0.1, 0.15) is 0 Å². The Morgan fingerprint density at radius 1 is 1.20 bits per heavy atom. The number of aryl methyl sites for hydroxylation is 1. The predicted molar refractivity (Wildman–Crippen MR) is 80.7 cm³/mol. The van der Waals surface area contributed by atoms with Gasteiger partial charge in [-0.05, 0) is 32.3 Å². The molecule has 1 aromatic rings. The molecule has 1 aromatic carbocycles. The van der Waals surface area contributed by atoms with E-state index in [4.69, 9.17) is 13.6 Å². The van der Waals surface area contributed by atoms with Crippen LogP contribution in [0, 0.1) is 0 Å². The normalized spacial score (nSPS) is 13.1. The fourth-order valence-corrected chi connectivity index (χ4v) is 3.10. The number of phosphoric ester groups is 1. The molecule has 0 aliphatic rings. The summed E-state index contributed by atoms with van der Waals surface area (Å²) in [6, 6.07) is 10.0. The molecule has 0 saturated carbocycles. The van der Waals surface area contributed by atoms with E-state index in [9.17, 15) is 4.57 Å². The van der Waals surface area contributed by atoms with E-state index in [1.807, 2.05) is 30.3 Å². The molecule has 0 bridgehead atoms. The molecule has 4 nitrogen and oxygen atoms in total. The number of rotatable bonds is 10. The Morgan fingerprint density at radius 2 is 1.80 bits per heavy atom. The highest BCUT2D eigenvalue weighted by Gasteiger charge is 2.28. The van der Waals surface area contributed by atoms with Crippen molar-refractivity contribution < 1.29 is 18.1 Å². The summed E-state index contributed by atoms with van der Waals surface area (Å²) in [5.74, 6) is 0. The first-order valence-corrected chi connectivity index (χ1v) is 8.33. The highest BCUT2D eigenvalue weighted by molar-refractivity contribution is 7.48. The molecule has 0 saturated heterocycles. The van der Waals surface area contributed by atoms with Gasteiger partial charge >= 0.3 is 7.82 Å². The van der Waals surface area contributed by atoms with Gasteiger partial charge in [0, 0.05) is 0 Å². The third-order valence-electron chi connectivity index (χ3n) is 2.66. The fraction of sp³-hybridized carbons (Fsp3) is 0.467. The van der Waals surface area contributed by atoms with Gasteiger partial charge in [-0.2, -0.15) is 0 Å². The van der Waals surface area contributed by atoms with E-state index in [2.05, 4.69) is 6.58 Å². The van der Waals surface area contributed by atoms with Crippen molar-refractivity contribution in [1.82, 2.24) is 0 Å². The molecule has 0 aromatic heterocycles. The van der Waals surface area contributed by atoms with E-state index in [0.717, 1.165) is 6.42 Å². The maximum absolute atomic E-state index is 12.3. The molecular weight excluding hydrogens is 275 g/mol. The lowest BCUT2D eigenvalue weighted by Crippen LogP contribution is -2.12. The largest absolute Gasteiger partial charge is 0.475 e. The van der Waals surface area contributed by atoms with Crippen molar-refractivity contribution in [2.75, 3.05) is 13.2 Å². The van der Waals surface area contributed by atoms with Crippen LogP contribution in [0.3, 0.4) is 0 Å². The molecule has 112 valence electrons. The summed E-state index contributed by atoms with van der Waals surface area (Å²) < 4.78 is 28.0. The maximum atomic E-state index is 12.3. The van der Waals surface area contributed by atoms with Crippen molar-refractivity contribution in [3.63, 3.8) is 0 Å². The minimum atomic E-state index is -3.48. The quantitative estimate of drug-likeness (QED) is 0.475. The van der Waals surface area contributed by atoms with E-state index in [-0.39, 0.29) is 19.3 Å². The lowest BCUT2D eigenvalue weighted by Gasteiger charge is -2.21. The second-order valence-corrected chi connectivity index (χ2v) is 5.81. The molecule has 5 heteroatoms. The molecular formula is C15H23O4P. The van der Waals surface area contributed by atoms with Crippen LogP contribution in [-0.2, 0) is 24.6 Å². The molecule has 0 aliphatic carbocycles. The Labute approximate surface area is 121 Å². The molecule has 0 spiro atoms. The standard InChI is InChI=1S/C15H23O4P/c1-4-15(13-12-14-10-8-7-9-11-14)19-20(16,17-5-2)18-6-3/h4,7-11,15H,1,5-6,12-13H2,2-3H3/t15-/m1/s1. The van der Waals surface area contributed by atoms with Crippen molar-refractivity contribution in [1.29, 1.82) is 0 Å². The van der Waals surface area contributed by atoms with Gasteiger partial charge in [0.2, 0.25) is 0 Å². The van der Waals surface area contributed by atoms with E-state index in [0.29, 0.717) is 6.42 Å². The summed E-state index contributed by atoms with van der Waals surface area (Å²) in [6.07, 6.45) is 2.76. The summed E-state index contributed by atoms with van der Waals surface area (Å²) in [7, 11) is -3.48. The first-order valence-electron chi connectivity index (χ1n) is 6.87. The number of hydrogen-bond acceptors (Lipinski definition) is 4. The van der Waals surface area contributed by atoms with Crippen molar-refractivity contribution in [2.24, 2.45) is 0 Å². The Hall–Kier alpha value is -0.930. The Bertz CT molecular complexity index is 423. The van der Waals surface area contributed by atoms with Crippen LogP contribution in [-0.4, -0.2) is 19.3 Å². The fourth-order valence-electron chi connectivity index (χ4n) is 1.75. The Kier molecular flexibility index (Phi) is 7.78. The van der Waals surface area contributed by atoms with Crippen molar-refractivity contribution >= 4 is 7.82 Å². The van der Waals surface area contributed by atoms with Crippen LogP contribution in [0.5, 0.6) is 0 Å². The van der Waals surface area contributed by atoms with Crippen LogP contribution in [0.4, 0.5) is 0 Å². The third kappa shape index (κ3) is 6.02. The highest BCUT2D eigenvalue weighted by Crippen LogP contribution is 2.50. The van der Waals surface area contributed by atoms with Gasteiger partial charge in [-0.1, -0.05) is 36.4 Å². The number of hydrogen-bond donors (Lipinski definition) is 0. The molecule has 1 rings (SSSR count). The predicted octanol–water partition coefficient (Wildman–Crippen LogP) is 4.37. The third-order valence-corrected chi connectivity index (χ3v) is 4.34. The molecule has 0 unspecified atom stereocenters. The second kappa shape index (κ2) is 9.09. The van der Waals surface area contributed by atoms with Gasteiger partial charge in [-0.25, -0.2) is 4.57 Å². The Balaban J connectivity index is 2.57. The summed E-state index contributed by atoms with van der Waals surface area (Å²) in [4.78, 5) is 0. The zero-order chi connectivity index (χ0) is 14.8. The smallest absolute Gasteiger partial charge is 0.287 e. The van der Waals surface area contributed by atoms with Crippen LogP contribution < -0.4 is 0 Å². The molecule has 0 N–H and O–H groups in total. The van der Waals surface area contributed by atoms with E-state index < -0.39 is 7.82 Å². The Morgan fingerprint density at radius 3 is 2.30 bits per heavy atom. The van der Waals surface area contributed by atoms with Crippen LogP contribution in [0.1, 0.15) is 25.8 Å². The highest BCUT2D eigenvalue weighted by atomic mass is 31.2. The van der Waals surface area contributed by atoms with Crippen LogP contribution in [0.25, 0.3) is 0 Å². The molecule has 0 amide bonds. The monoisotopic (exact) mass is 298 g/mol. The molecule has 0 radical (unpaired) electrons. The summed E-state index contributed by atoms with van der Waals surface area (Å²) in [5, 5.41) is 0. The zero-order valence-corrected chi connectivity index (χ0v) is 13.1. The van der Waals surface area contributed by atoms with Gasteiger partial charge in [-0.15, -0.1) is 6.58 Å². The van der Waals surface area contributed by atoms with Gasteiger partial charge in [0.05, 0.1) is 19.3 Å². The molecule has 0 heterocycles. The second-order valence-electron chi connectivity index (χ2n) is 4.19. The molecule has 0 fully saturated rings. The summed E-state index contributed by atoms with van der Waals surface area (Å²) >= 11 is 0. The minimum absolute atomic E-state index is 0.278. The minimum Gasteiger partial charge on any atom is -0.287 e. The lowest BCUT2D eigenvalue weighted by molar-refractivity contribution is 0.0978. The lowest BCUT2D eigenvalue weighted by atomic mass is 10.1. The van der Waals surface area contributed by atoms with Crippen molar-refractivity contribution in [2.45, 2.75) is 32.8 Å². The first-order chi connectivity index (χ1) is 9.63. The molecule has 0 aliphatic heterocycles. The topological polar surface area (TPSA) is 44.8 Å².